The number of thiazole rings is 1. The van der Waals surface area contributed by atoms with Crippen LogP contribution in [0, 0.1) is 20.8 Å². The van der Waals surface area contributed by atoms with Crippen molar-refractivity contribution in [1.29, 1.82) is 0 Å². The molecule has 0 aliphatic carbocycles. The molecule has 7 heteroatoms. The highest BCUT2D eigenvalue weighted by Gasteiger charge is 2.15. The SMILES string of the molecule is COC(=O)c1sc(NN=c2cc(-c3ccccc3)oc3cc(C)c(C)cc23)nc1C. The number of aromatic nitrogens is 1. The van der Waals surface area contributed by atoms with Gasteiger partial charge in [0.1, 0.15) is 16.2 Å². The summed E-state index contributed by atoms with van der Waals surface area (Å²) in [6, 6.07) is 15.9. The maximum absolute atomic E-state index is 11.8. The van der Waals surface area contributed by atoms with Crippen LogP contribution in [-0.4, -0.2) is 18.1 Å². The second-order valence-corrected chi connectivity index (χ2v) is 7.94. The van der Waals surface area contributed by atoms with Gasteiger partial charge < -0.3 is 9.15 Å². The highest BCUT2D eigenvalue weighted by molar-refractivity contribution is 7.17. The quantitative estimate of drug-likeness (QED) is 0.364. The van der Waals surface area contributed by atoms with Crippen LogP contribution in [0.25, 0.3) is 22.3 Å². The minimum Gasteiger partial charge on any atom is -0.465 e. The molecule has 0 saturated carbocycles. The summed E-state index contributed by atoms with van der Waals surface area (Å²) >= 11 is 1.21. The zero-order valence-corrected chi connectivity index (χ0v) is 18.0. The molecule has 152 valence electrons. The van der Waals surface area contributed by atoms with E-state index in [1.54, 1.807) is 6.92 Å². The number of fused-ring (bicyclic) bond motifs is 1. The first-order valence-electron chi connectivity index (χ1n) is 9.42. The number of rotatable bonds is 4. The lowest BCUT2D eigenvalue weighted by atomic mass is 10.1. The monoisotopic (exact) mass is 419 g/mol. The van der Waals surface area contributed by atoms with E-state index >= 15 is 0 Å². The summed E-state index contributed by atoms with van der Waals surface area (Å²) in [5.74, 6) is 0.317. The van der Waals surface area contributed by atoms with Crippen molar-refractivity contribution >= 4 is 33.4 Å². The molecular formula is C23H21N3O3S. The van der Waals surface area contributed by atoms with Gasteiger partial charge in [0.2, 0.25) is 5.13 Å². The number of benzene rings is 2. The number of carbonyl (C=O) groups excluding carboxylic acids is 1. The van der Waals surface area contributed by atoms with Gasteiger partial charge in [0.25, 0.3) is 0 Å². The van der Waals surface area contributed by atoms with E-state index in [2.05, 4.69) is 35.4 Å². The first kappa shape index (κ1) is 19.8. The van der Waals surface area contributed by atoms with E-state index in [0.717, 1.165) is 38.8 Å². The molecule has 0 atom stereocenters. The fourth-order valence-electron chi connectivity index (χ4n) is 3.10. The Morgan fingerprint density at radius 1 is 1.10 bits per heavy atom. The van der Waals surface area contributed by atoms with Gasteiger partial charge in [0.15, 0.2) is 0 Å². The highest BCUT2D eigenvalue weighted by atomic mass is 32.1. The molecule has 2 heterocycles. The predicted molar refractivity (Wildman–Crippen MR) is 119 cm³/mol. The number of carbonyl (C=O) groups is 1. The molecule has 1 N–H and O–H groups in total. The van der Waals surface area contributed by atoms with Crippen LogP contribution in [0.4, 0.5) is 5.13 Å². The Hall–Kier alpha value is -3.45. The molecular weight excluding hydrogens is 398 g/mol. The highest BCUT2D eigenvalue weighted by Crippen LogP contribution is 2.25. The van der Waals surface area contributed by atoms with Crippen LogP contribution in [0.1, 0.15) is 26.5 Å². The molecule has 0 fully saturated rings. The van der Waals surface area contributed by atoms with E-state index in [1.165, 1.54) is 18.4 Å². The van der Waals surface area contributed by atoms with Gasteiger partial charge >= 0.3 is 5.97 Å². The number of hydrogen-bond donors (Lipinski definition) is 1. The van der Waals surface area contributed by atoms with Crippen LogP contribution >= 0.6 is 11.3 Å². The molecule has 2 aromatic carbocycles. The van der Waals surface area contributed by atoms with Crippen LogP contribution in [-0.2, 0) is 4.74 Å². The zero-order valence-electron chi connectivity index (χ0n) is 17.1. The van der Waals surface area contributed by atoms with Crippen molar-refractivity contribution in [3.05, 3.63) is 75.6 Å². The van der Waals surface area contributed by atoms with Crippen LogP contribution in [0.3, 0.4) is 0 Å². The fourth-order valence-corrected chi connectivity index (χ4v) is 3.92. The lowest BCUT2D eigenvalue weighted by Gasteiger charge is -2.07. The molecule has 30 heavy (non-hydrogen) atoms. The van der Waals surface area contributed by atoms with Gasteiger partial charge in [-0.2, -0.15) is 5.10 Å². The molecule has 2 aromatic heterocycles. The van der Waals surface area contributed by atoms with E-state index in [0.29, 0.717) is 15.7 Å². The normalized spacial score (nSPS) is 11.7. The fraction of sp³-hybridized carbons (Fsp3) is 0.174. The number of nitrogens with zero attached hydrogens (tertiary/aromatic N) is 2. The molecule has 0 amide bonds. The summed E-state index contributed by atoms with van der Waals surface area (Å²) in [5.41, 5.74) is 7.61. The van der Waals surface area contributed by atoms with E-state index in [1.807, 2.05) is 42.5 Å². The Morgan fingerprint density at radius 2 is 1.83 bits per heavy atom. The largest absolute Gasteiger partial charge is 0.465 e. The standard InChI is InChI=1S/C23H21N3O3S/c1-13-10-17-18(25-26-23-24-15(3)21(30-23)22(27)28-4)12-19(16-8-6-5-7-9-16)29-20(17)11-14(13)2/h5-12H,1-4H3,(H,24,26). The summed E-state index contributed by atoms with van der Waals surface area (Å²) in [6.07, 6.45) is 0. The van der Waals surface area contributed by atoms with Gasteiger partial charge in [0.05, 0.1) is 18.2 Å². The van der Waals surface area contributed by atoms with Gasteiger partial charge in [0, 0.05) is 17.0 Å². The van der Waals surface area contributed by atoms with Crippen LogP contribution in [0.5, 0.6) is 0 Å². The van der Waals surface area contributed by atoms with Crippen LogP contribution < -0.4 is 10.8 Å². The number of aryl methyl sites for hydroxylation is 3. The topological polar surface area (TPSA) is 76.7 Å². The summed E-state index contributed by atoms with van der Waals surface area (Å²) in [5, 5.41) is 6.73. The Kier molecular flexibility index (Phi) is 5.37. The van der Waals surface area contributed by atoms with Gasteiger partial charge in [-0.25, -0.2) is 9.78 Å². The van der Waals surface area contributed by atoms with Gasteiger partial charge in [-0.15, -0.1) is 0 Å². The van der Waals surface area contributed by atoms with Crippen molar-refractivity contribution in [1.82, 2.24) is 4.98 Å². The summed E-state index contributed by atoms with van der Waals surface area (Å²) in [6.45, 7) is 5.88. The van der Waals surface area contributed by atoms with Gasteiger partial charge in [-0.3, -0.25) is 5.43 Å². The molecule has 6 nitrogen and oxygen atoms in total. The summed E-state index contributed by atoms with van der Waals surface area (Å²) in [7, 11) is 1.36. The van der Waals surface area contributed by atoms with Crippen LogP contribution in [0.15, 0.2) is 58.0 Å². The van der Waals surface area contributed by atoms with Crippen molar-refractivity contribution in [2.24, 2.45) is 5.10 Å². The number of nitrogens with one attached hydrogen (secondary N) is 1. The first-order chi connectivity index (χ1) is 14.5. The molecule has 4 rings (SSSR count). The maximum atomic E-state index is 11.8. The Balaban J connectivity index is 1.84. The average Bonchev–Trinajstić information content (AvgIpc) is 3.13. The second-order valence-electron chi connectivity index (χ2n) is 6.94. The van der Waals surface area contributed by atoms with Crippen molar-refractivity contribution in [2.45, 2.75) is 20.8 Å². The second kappa shape index (κ2) is 8.12. The molecule has 0 radical (unpaired) electrons. The van der Waals surface area contributed by atoms with Crippen molar-refractivity contribution in [3.63, 3.8) is 0 Å². The molecule has 0 unspecified atom stereocenters. The Labute approximate surface area is 177 Å². The number of methoxy groups -OCH3 is 1. The number of ether oxygens (including phenoxy) is 1. The molecule has 0 bridgehead atoms. The minimum absolute atomic E-state index is 0.403. The predicted octanol–water partition coefficient (Wildman–Crippen LogP) is 5.20. The first-order valence-corrected chi connectivity index (χ1v) is 10.2. The van der Waals surface area contributed by atoms with Gasteiger partial charge in [-0.05, 0) is 44.0 Å². The van der Waals surface area contributed by atoms with Crippen molar-refractivity contribution in [2.75, 3.05) is 12.5 Å². The van der Waals surface area contributed by atoms with E-state index < -0.39 is 5.97 Å². The third kappa shape index (κ3) is 3.84. The number of hydrogen-bond acceptors (Lipinski definition) is 7. The Bertz CT molecular complexity index is 1310. The lowest BCUT2D eigenvalue weighted by molar-refractivity contribution is 0.0605. The third-order valence-electron chi connectivity index (χ3n) is 4.86. The van der Waals surface area contributed by atoms with Crippen molar-refractivity contribution in [3.8, 4) is 11.3 Å². The lowest BCUT2D eigenvalue weighted by Crippen LogP contribution is -2.08. The van der Waals surface area contributed by atoms with Crippen LogP contribution in [0.2, 0.25) is 0 Å². The van der Waals surface area contributed by atoms with Gasteiger partial charge in [-0.1, -0.05) is 41.7 Å². The smallest absolute Gasteiger partial charge is 0.350 e. The maximum Gasteiger partial charge on any atom is 0.350 e. The Morgan fingerprint density at radius 3 is 2.57 bits per heavy atom. The van der Waals surface area contributed by atoms with Crippen molar-refractivity contribution < 1.29 is 13.9 Å². The number of esters is 1. The minimum atomic E-state index is -0.403. The average molecular weight is 420 g/mol. The van der Waals surface area contributed by atoms with E-state index in [4.69, 9.17) is 9.15 Å². The number of anilines is 1. The van der Waals surface area contributed by atoms with E-state index in [-0.39, 0.29) is 0 Å². The molecule has 0 aliphatic heterocycles. The molecule has 0 saturated heterocycles. The zero-order chi connectivity index (χ0) is 21.3. The molecule has 0 spiro atoms. The third-order valence-corrected chi connectivity index (χ3v) is 5.90. The molecule has 4 aromatic rings. The molecule has 0 aliphatic rings. The summed E-state index contributed by atoms with van der Waals surface area (Å²) < 4.78 is 11.0. The van der Waals surface area contributed by atoms with E-state index in [9.17, 15) is 4.79 Å². The summed E-state index contributed by atoms with van der Waals surface area (Å²) in [4.78, 5) is 16.7.